The minimum absolute atomic E-state index is 0.592. The Labute approximate surface area is 165 Å². The molecule has 1 aromatic rings. The van der Waals surface area contributed by atoms with Crippen molar-refractivity contribution in [2.24, 2.45) is 5.16 Å². The van der Waals surface area contributed by atoms with Gasteiger partial charge in [0.15, 0.2) is 0 Å². The lowest BCUT2D eigenvalue weighted by atomic mass is 10.1. The van der Waals surface area contributed by atoms with E-state index in [9.17, 15) is 0 Å². The van der Waals surface area contributed by atoms with Crippen LogP contribution in [-0.4, -0.2) is 50.6 Å². The van der Waals surface area contributed by atoms with Crippen LogP contribution in [0.2, 0.25) is 0 Å². The number of nitrogens with zero attached hydrogens (tertiary/aromatic N) is 2. The topological polar surface area (TPSA) is 43.3 Å². The van der Waals surface area contributed by atoms with Gasteiger partial charge in [0.2, 0.25) is 0 Å². The van der Waals surface area contributed by atoms with Crippen LogP contribution in [0.3, 0.4) is 0 Å². The second kappa shape index (κ2) is 13.2. The molecular weight excluding hydrogens is 340 g/mol. The summed E-state index contributed by atoms with van der Waals surface area (Å²) in [6.07, 6.45) is 5.86. The van der Waals surface area contributed by atoms with Gasteiger partial charge >= 0.3 is 0 Å². The van der Waals surface area contributed by atoms with Crippen molar-refractivity contribution in [2.75, 3.05) is 40.0 Å². The third-order valence-corrected chi connectivity index (χ3v) is 4.36. The zero-order valence-electron chi connectivity index (χ0n) is 17.9. The van der Waals surface area contributed by atoms with E-state index in [1.807, 2.05) is 31.2 Å². The Hall–Kier alpha value is -2.01. The van der Waals surface area contributed by atoms with Crippen molar-refractivity contribution >= 4 is 5.71 Å². The van der Waals surface area contributed by atoms with E-state index in [1.54, 1.807) is 7.11 Å². The molecule has 0 fully saturated rings. The second-order valence-electron chi connectivity index (χ2n) is 6.53. The van der Waals surface area contributed by atoms with Crippen LogP contribution in [-0.2, 0) is 4.84 Å². The summed E-state index contributed by atoms with van der Waals surface area (Å²) in [5.74, 6) is 1.85. The van der Waals surface area contributed by atoms with Crippen LogP contribution < -0.4 is 9.47 Å². The molecule has 5 nitrogen and oxygen atoms in total. The molecule has 0 heterocycles. The highest BCUT2D eigenvalue weighted by molar-refractivity contribution is 5.85. The molecule has 0 saturated heterocycles. The third-order valence-electron chi connectivity index (χ3n) is 4.36. The number of hydrogen-bond donors (Lipinski definition) is 0. The van der Waals surface area contributed by atoms with Gasteiger partial charge in [-0.3, -0.25) is 4.90 Å². The third kappa shape index (κ3) is 8.48. The van der Waals surface area contributed by atoms with E-state index >= 15 is 0 Å². The fourth-order valence-electron chi connectivity index (χ4n) is 2.87. The molecule has 0 radical (unpaired) electrons. The lowest BCUT2D eigenvalue weighted by Crippen LogP contribution is -2.31. The molecule has 0 aliphatic carbocycles. The standard InChI is InChI=1S/C22H36N2O3/c1-7-10-13-26-21-15-18(4)22(19(5)16-21)27-14-11-12-24(9-3)17-20(8-2)23-25-6/h7,10,15-16H,8-9,11-14,17H2,1-6H3/b10-7+,23-20?. The van der Waals surface area contributed by atoms with Gasteiger partial charge in [-0.25, -0.2) is 0 Å². The Balaban J connectivity index is 2.52. The number of aryl methyl sites for hydroxylation is 2. The van der Waals surface area contributed by atoms with Gasteiger partial charge in [0, 0.05) is 13.1 Å². The van der Waals surface area contributed by atoms with Gasteiger partial charge in [-0.15, -0.1) is 0 Å². The highest BCUT2D eigenvalue weighted by Gasteiger charge is 2.09. The first kappa shape index (κ1) is 23.0. The fraction of sp³-hybridized carbons (Fsp3) is 0.591. The molecule has 1 rings (SSSR count). The van der Waals surface area contributed by atoms with Gasteiger partial charge in [-0.1, -0.05) is 31.2 Å². The first-order chi connectivity index (χ1) is 13.0. The smallest absolute Gasteiger partial charge is 0.125 e. The Morgan fingerprint density at radius 2 is 1.85 bits per heavy atom. The molecule has 0 atom stereocenters. The Morgan fingerprint density at radius 1 is 1.15 bits per heavy atom. The van der Waals surface area contributed by atoms with Gasteiger partial charge in [0.05, 0.1) is 12.3 Å². The Bertz CT molecular complexity index is 589. The van der Waals surface area contributed by atoms with Gasteiger partial charge < -0.3 is 14.3 Å². The molecule has 0 saturated carbocycles. The van der Waals surface area contributed by atoms with E-state index < -0.39 is 0 Å². The maximum atomic E-state index is 6.07. The lowest BCUT2D eigenvalue weighted by molar-refractivity contribution is 0.207. The van der Waals surface area contributed by atoms with Crippen LogP contribution in [0.4, 0.5) is 0 Å². The number of oxime groups is 1. The fourth-order valence-corrected chi connectivity index (χ4v) is 2.87. The summed E-state index contributed by atoms with van der Waals surface area (Å²) in [5.41, 5.74) is 3.29. The SMILES string of the molecule is C/C=C/COc1cc(C)c(OCCCN(CC)CC(CC)=NOC)c(C)c1. The normalized spacial score (nSPS) is 12.0. The van der Waals surface area contributed by atoms with Crippen molar-refractivity contribution in [2.45, 2.75) is 47.5 Å². The molecule has 1 aromatic carbocycles. The molecule has 0 aliphatic rings. The molecule has 152 valence electrons. The average Bonchev–Trinajstić information content (AvgIpc) is 2.65. The predicted octanol–water partition coefficient (Wildman–Crippen LogP) is 4.76. The van der Waals surface area contributed by atoms with Crippen molar-refractivity contribution in [3.63, 3.8) is 0 Å². The average molecular weight is 377 g/mol. The van der Waals surface area contributed by atoms with Gasteiger partial charge in [-0.2, -0.15) is 0 Å². The van der Waals surface area contributed by atoms with Crippen LogP contribution in [0.15, 0.2) is 29.4 Å². The van der Waals surface area contributed by atoms with Crippen molar-refractivity contribution in [1.29, 1.82) is 0 Å². The summed E-state index contributed by atoms with van der Waals surface area (Å²) in [5, 5.41) is 4.09. The van der Waals surface area contributed by atoms with Crippen molar-refractivity contribution < 1.29 is 14.3 Å². The van der Waals surface area contributed by atoms with Crippen LogP contribution >= 0.6 is 0 Å². The highest BCUT2D eigenvalue weighted by atomic mass is 16.6. The number of allylic oxidation sites excluding steroid dienone is 1. The summed E-state index contributed by atoms with van der Waals surface area (Å²) in [4.78, 5) is 7.28. The van der Waals surface area contributed by atoms with Gasteiger partial charge in [-0.05, 0) is 63.4 Å². The van der Waals surface area contributed by atoms with E-state index in [0.717, 1.165) is 60.8 Å². The first-order valence-electron chi connectivity index (χ1n) is 9.84. The maximum absolute atomic E-state index is 6.07. The monoisotopic (exact) mass is 376 g/mol. The molecule has 0 N–H and O–H groups in total. The van der Waals surface area contributed by atoms with E-state index in [4.69, 9.17) is 14.3 Å². The largest absolute Gasteiger partial charge is 0.493 e. The van der Waals surface area contributed by atoms with Gasteiger partial charge in [0.1, 0.15) is 25.2 Å². The molecule has 5 heteroatoms. The number of ether oxygens (including phenoxy) is 2. The summed E-state index contributed by atoms with van der Waals surface area (Å²) in [7, 11) is 1.60. The van der Waals surface area contributed by atoms with Crippen LogP contribution in [0.25, 0.3) is 0 Å². The van der Waals surface area contributed by atoms with Crippen LogP contribution in [0.1, 0.15) is 44.7 Å². The van der Waals surface area contributed by atoms with E-state index in [-0.39, 0.29) is 0 Å². The van der Waals surface area contributed by atoms with E-state index in [1.165, 1.54) is 0 Å². The zero-order chi connectivity index (χ0) is 20.1. The molecule has 0 aromatic heterocycles. The molecule has 0 amide bonds. The summed E-state index contributed by atoms with van der Waals surface area (Å²) >= 11 is 0. The zero-order valence-corrected chi connectivity index (χ0v) is 17.9. The van der Waals surface area contributed by atoms with Gasteiger partial charge in [0.25, 0.3) is 0 Å². The molecule has 0 bridgehead atoms. The number of hydrogen-bond acceptors (Lipinski definition) is 5. The molecule has 27 heavy (non-hydrogen) atoms. The van der Waals surface area contributed by atoms with E-state index in [2.05, 4.69) is 37.8 Å². The molecule has 0 unspecified atom stereocenters. The Morgan fingerprint density at radius 3 is 2.41 bits per heavy atom. The second-order valence-corrected chi connectivity index (χ2v) is 6.53. The quantitative estimate of drug-likeness (QED) is 0.215. The Kier molecular flexibility index (Phi) is 11.3. The van der Waals surface area contributed by atoms with Crippen molar-refractivity contribution in [1.82, 2.24) is 4.90 Å². The number of benzene rings is 1. The molecular formula is C22H36N2O3. The first-order valence-corrected chi connectivity index (χ1v) is 9.84. The molecule has 0 aliphatic heterocycles. The molecule has 0 spiro atoms. The highest BCUT2D eigenvalue weighted by Crippen LogP contribution is 2.28. The summed E-state index contributed by atoms with van der Waals surface area (Å²) in [6, 6.07) is 4.08. The van der Waals surface area contributed by atoms with Crippen molar-refractivity contribution in [3.8, 4) is 11.5 Å². The number of rotatable bonds is 13. The minimum Gasteiger partial charge on any atom is -0.493 e. The maximum Gasteiger partial charge on any atom is 0.125 e. The van der Waals surface area contributed by atoms with Crippen molar-refractivity contribution in [3.05, 3.63) is 35.4 Å². The summed E-state index contributed by atoms with van der Waals surface area (Å²) in [6.45, 7) is 14.5. The lowest BCUT2D eigenvalue weighted by Gasteiger charge is -2.21. The summed E-state index contributed by atoms with van der Waals surface area (Å²) < 4.78 is 11.8. The predicted molar refractivity (Wildman–Crippen MR) is 113 cm³/mol. The minimum atomic E-state index is 0.592. The van der Waals surface area contributed by atoms with E-state index in [0.29, 0.717) is 13.2 Å². The van der Waals surface area contributed by atoms with Crippen LogP contribution in [0, 0.1) is 13.8 Å². The van der Waals surface area contributed by atoms with Crippen LogP contribution in [0.5, 0.6) is 11.5 Å².